The number of hydrogen-bond acceptors (Lipinski definition) is 8. The zero-order valence-corrected chi connectivity index (χ0v) is 36.3. The van der Waals surface area contributed by atoms with Crippen molar-refractivity contribution in [3.63, 3.8) is 0 Å². The van der Waals surface area contributed by atoms with Crippen LogP contribution in [0.2, 0.25) is 0 Å². The number of nitrogens with zero attached hydrogens (tertiary/aromatic N) is 2. The fourth-order valence-electron chi connectivity index (χ4n) is 8.12. The molecule has 7 rings (SSSR count). The van der Waals surface area contributed by atoms with Crippen LogP contribution in [0.1, 0.15) is 98.9 Å². The Kier molecular flexibility index (Phi) is 13.2. The van der Waals surface area contributed by atoms with E-state index in [4.69, 9.17) is 0 Å². The van der Waals surface area contributed by atoms with Crippen molar-refractivity contribution in [1.82, 2.24) is 0 Å². The van der Waals surface area contributed by atoms with Gasteiger partial charge in [-0.2, -0.15) is 10.5 Å². The van der Waals surface area contributed by atoms with E-state index in [1.807, 2.05) is 24.3 Å². The Morgan fingerprint density at radius 1 is 0.542 bits per heavy atom. The second-order valence-corrected chi connectivity index (χ2v) is 19.3. The van der Waals surface area contributed by atoms with E-state index in [1.165, 1.54) is 116 Å². The number of aliphatic carboxylic acids is 2. The van der Waals surface area contributed by atoms with Crippen molar-refractivity contribution >= 4 is 69.4 Å². The molecule has 10 heteroatoms. The van der Waals surface area contributed by atoms with Gasteiger partial charge in [0.15, 0.2) is 0 Å². The number of benzene rings is 2. The predicted molar refractivity (Wildman–Crippen MR) is 246 cm³/mol. The van der Waals surface area contributed by atoms with Crippen LogP contribution >= 0.6 is 45.3 Å². The van der Waals surface area contributed by atoms with Crippen LogP contribution in [0.4, 0.5) is 0 Å². The lowest BCUT2D eigenvalue weighted by atomic mass is 9.70. The number of unbranched alkanes of at least 4 members (excludes halogenated alkanes) is 6. The standard InChI is InChI=1S/C49H44N2O4S4/c1-3-5-7-9-23-49(24-10-8-6-4-2)39-27-31(41-19-21-45(58-41)43-17-13-35(56-43)25-33(29-50)47(52)53)11-15-37(39)38-16-12-32(28-40(38)49)42-20-22-46(59-42)44-18-14-36(57-44)26-34(30-51)48(54)55/h11-22,25-28H,3-10,23-24H2,1-2H3,(H,52,53)(H,54,55)/b33-25-,34-26-. The summed E-state index contributed by atoms with van der Waals surface area (Å²) in [6.07, 6.45) is 14.6. The number of carboxylic acid groups (broad SMARTS) is 2. The number of nitriles is 2. The molecule has 6 aromatic rings. The van der Waals surface area contributed by atoms with E-state index in [2.05, 4.69) is 74.5 Å². The van der Waals surface area contributed by atoms with Gasteiger partial charge in [0.2, 0.25) is 0 Å². The highest BCUT2D eigenvalue weighted by Gasteiger charge is 2.42. The van der Waals surface area contributed by atoms with Gasteiger partial charge in [-0.05, 0) is 119 Å². The topological polar surface area (TPSA) is 122 Å². The SMILES string of the molecule is CCCCCCC1(CCCCCC)c2cc(-c3ccc(-c4ccc(/C=C(/C#N)C(=O)O)s4)s3)ccc2-c2ccc(-c3ccc(-c4ccc(/C=C(/C#N)C(=O)O)s4)s3)cc21. The van der Waals surface area contributed by atoms with Crippen molar-refractivity contribution in [2.24, 2.45) is 0 Å². The minimum Gasteiger partial charge on any atom is -0.477 e. The van der Waals surface area contributed by atoms with Gasteiger partial charge in [-0.3, -0.25) is 0 Å². The van der Waals surface area contributed by atoms with E-state index in [0.29, 0.717) is 0 Å². The molecule has 1 aliphatic rings. The van der Waals surface area contributed by atoms with Crippen LogP contribution in [0.15, 0.2) is 96.1 Å². The quantitative estimate of drug-likeness (QED) is 0.0504. The molecule has 0 atom stereocenters. The number of carbonyl (C=O) groups is 2. The van der Waals surface area contributed by atoms with E-state index in [1.54, 1.807) is 34.8 Å². The lowest BCUT2D eigenvalue weighted by molar-refractivity contribution is -0.133. The molecule has 0 fully saturated rings. The van der Waals surface area contributed by atoms with E-state index < -0.39 is 11.9 Å². The smallest absolute Gasteiger partial charge is 0.346 e. The van der Waals surface area contributed by atoms with Gasteiger partial charge in [-0.25, -0.2) is 9.59 Å². The van der Waals surface area contributed by atoms with Crippen LogP contribution in [-0.4, -0.2) is 22.2 Å². The van der Waals surface area contributed by atoms with Crippen molar-refractivity contribution in [2.75, 3.05) is 0 Å². The first-order valence-electron chi connectivity index (χ1n) is 20.1. The maximum absolute atomic E-state index is 11.4. The minimum absolute atomic E-state index is 0.118. The largest absolute Gasteiger partial charge is 0.477 e. The third kappa shape index (κ3) is 8.98. The van der Waals surface area contributed by atoms with E-state index in [-0.39, 0.29) is 16.6 Å². The first-order chi connectivity index (χ1) is 28.7. The lowest BCUT2D eigenvalue weighted by Gasteiger charge is -2.33. The summed E-state index contributed by atoms with van der Waals surface area (Å²) in [6, 6.07) is 34.1. The highest BCUT2D eigenvalue weighted by atomic mass is 32.1. The van der Waals surface area contributed by atoms with Crippen LogP contribution in [0, 0.1) is 22.7 Å². The molecule has 0 radical (unpaired) electrons. The molecular formula is C49H44N2O4S4. The van der Waals surface area contributed by atoms with Crippen molar-refractivity contribution in [1.29, 1.82) is 10.5 Å². The summed E-state index contributed by atoms with van der Waals surface area (Å²) in [4.78, 5) is 31.0. The average Bonchev–Trinajstić information content (AvgIpc) is 4.10. The molecule has 0 unspecified atom stereocenters. The summed E-state index contributed by atoms with van der Waals surface area (Å²) >= 11 is 6.44. The Balaban J connectivity index is 1.25. The number of carboxylic acids is 2. The third-order valence-corrected chi connectivity index (χ3v) is 15.8. The third-order valence-electron chi connectivity index (χ3n) is 11.1. The molecule has 6 nitrogen and oxygen atoms in total. The van der Waals surface area contributed by atoms with Crippen LogP contribution < -0.4 is 0 Å². The maximum Gasteiger partial charge on any atom is 0.346 e. The molecule has 298 valence electrons. The molecule has 0 saturated carbocycles. The average molecular weight is 853 g/mol. The summed E-state index contributed by atoms with van der Waals surface area (Å²) in [7, 11) is 0. The zero-order chi connectivity index (χ0) is 41.5. The maximum atomic E-state index is 11.4. The van der Waals surface area contributed by atoms with Gasteiger partial charge in [0, 0.05) is 44.4 Å². The fourth-order valence-corrected chi connectivity index (χ4v) is 12.2. The highest BCUT2D eigenvalue weighted by molar-refractivity contribution is 7.24. The molecule has 1 aliphatic carbocycles. The van der Waals surface area contributed by atoms with Gasteiger partial charge in [0.05, 0.1) is 0 Å². The van der Waals surface area contributed by atoms with Gasteiger partial charge in [0.25, 0.3) is 0 Å². The Hall–Kier alpha value is -5.36. The van der Waals surface area contributed by atoms with Crippen LogP contribution in [0.3, 0.4) is 0 Å². The molecule has 0 saturated heterocycles. The summed E-state index contributed by atoms with van der Waals surface area (Å²) in [6.45, 7) is 4.54. The summed E-state index contributed by atoms with van der Waals surface area (Å²) < 4.78 is 0. The van der Waals surface area contributed by atoms with Crippen molar-refractivity contribution < 1.29 is 19.8 Å². The van der Waals surface area contributed by atoms with Gasteiger partial charge in [0.1, 0.15) is 23.3 Å². The Bertz CT molecular complexity index is 2470. The van der Waals surface area contributed by atoms with E-state index >= 15 is 0 Å². The molecule has 0 aliphatic heterocycles. The molecule has 4 aromatic heterocycles. The molecule has 0 amide bonds. The number of rotatable bonds is 18. The second kappa shape index (κ2) is 18.7. The first kappa shape index (κ1) is 41.8. The zero-order valence-electron chi connectivity index (χ0n) is 33.0. The Labute approximate surface area is 361 Å². The summed E-state index contributed by atoms with van der Waals surface area (Å²) in [5, 5.41) is 37.2. The van der Waals surface area contributed by atoms with Gasteiger partial charge in [-0.15, -0.1) is 45.3 Å². The second-order valence-electron chi connectivity index (χ2n) is 14.9. The van der Waals surface area contributed by atoms with Gasteiger partial charge in [-0.1, -0.05) is 89.5 Å². The molecule has 0 bridgehead atoms. The number of fused-ring (bicyclic) bond motifs is 3. The van der Waals surface area contributed by atoms with E-state index in [9.17, 15) is 30.3 Å². The van der Waals surface area contributed by atoms with Crippen LogP contribution in [0.5, 0.6) is 0 Å². The monoisotopic (exact) mass is 852 g/mol. The minimum atomic E-state index is -1.22. The molecule has 2 N–H and O–H groups in total. The van der Waals surface area contributed by atoms with Gasteiger partial charge < -0.3 is 10.2 Å². The van der Waals surface area contributed by atoms with Crippen LogP contribution in [-0.2, 0) is 15.0 Å². The molecule has 4 heterocycles. The van der Waals surface area contributed by atoms with Crippen molar-refractivity contribution in [3.05, 3.63) is 117 Å². The van der Waals surface area contributed by atoms with Crippen molar-refractivity contribution in [2.45, 2.75) is 83.5 Å². The van der Waals surface area contributed by atoms with Gasteiger partial charge >= 0.3 is 11.9 Å². The normalized spacial score (nSPS) is 13.2. The highest BCUT2D eigenvalue weighted by Crippen LogP contribution is 2.56. The summed E-state index contributed by atoms with van der Waals surface area (Å²) in [5.41, 5.74) is 7.23. The summed E-state index contributed by atoms with van der Waals surface area (Å²) in [5.74, 6) is -2.45. The number of thiophene rings is 4. The van der Waals surface area contributed by atoms with Crippen LogP contribution in [0.25, 0.3) is 63.7 Å². The molecule has 0 spiro atoms. The first-order valence-corrected chi connectivity index (χ1v) is 23.3. The Morgan fingerprint density at radius 2 is 0.932 bits per heavy atom. The molecular weight excluding hydrogens is 809 g/mol. The fraction of sp³-hybridized carbons (Fsp3) is 0.265. The molecule has 2 aromatic carbocycles. The number of hydrogen-bond donors (Lipinski definition) is 2. The van der Waals surface area contributed by atoms with Crippen molar-refractivity contribution in [3.8, 4) is 63.7 Å². The Morgan fingerprint density at radius 3 is 1.32 bits per heavy atom. The molecule has 59 heavy (non-hydrogen) atoms. The lowest BCUT2D eigenvalue weighted by Crippen LogP contribution is -2.25. The van der Waals surface area contributed by atoms with E-state index in [0.717, 1.165) is 54.9 Å². The predicted octanol–water partition coefficient (Wildman–Crippen LogP) is 14.8.